The summed E-state index contributed by atoms with van der Waals surface area (Å²) in [4.78, 5) is 10.2. The van der Waals surface area contributed by atoms with E-state index in [2.05, 4.69) is 97.1 Å². The highest BCUT2D eigenvalue weighted by molar-refractivity contribution is 6.13. The highest BCUT2D eigenvalue weighted by atomic mass is 16.3. The van der Waals surface area contributed by atoms with Gasteiger partial charge in [-0.3, -0.25) is 0 Å². The second-order valence-electron chi connectivity index (χ2n) is 13.9. The van der Waals surface area contributed by atoms with Crippen LogP contribution in [0, 0.1) is 0 Å². The van der Waals surface area contributed by atoms with Gasteiger partial charge in [0.2, 0.25) is 0 Å². The Hall–Kier alpha value is -6.00. The summed E-state index contributed by atoms with van der Waals surface area (Å²) in [5.74, 6) is 0.674. The van der Waals surface area contributed by atoms with Crippen LogP contribution in [-0.2, 0) is 5.41 Å². The van der Waals surface area contributed by atoms with Gasteiger partial charge in [0.1, 0.15) is 28.0 Å². The maximum absolute atomic E-state index is 6.79. The number of hydrogen-bond acceptors (Lipinski definition) is 4. The van der Waals surface area contributed by atoms with Gasteiger partial charge in [-0.05, 0) is 71.0 Å². The summed E-state index contributed by atoms with van der Waals surface area (Å²) in [5, 5.41) is 3.13. The number of para-hydroxylation sites is 2. The van der Waals surface area contributed by atoms with Crippen LogP contribution in [0.3, 0.4) is 0 Å². The van der Waals surface area contributed by atoms with Gasteiger partial charge in [-0.1, -0.05) is 122 Å². The fourth-order valence-corrected chi connectivity index (χ4v) is 9.08. The lowest BCUT2D eigenvalue weighted by Gasteiger charge is -2.36. The molecule has 3 aromatic heterocycles. The number of hydrogen-bond donors (Lipinski definition) is 0. The summed E-state index contributed by atoms with van der Waals surface area (Å²) >= 11 is 0. The molecule has 50 heavy (non-hydrogen) atoms. The van der Waals surface area contributed by atoms with Gasteiger partial charge < -0.3 is 8.83 Å². The van der Waals surface area contributed by atoms with Gasteiger partial charge in [-0.15, -0.1) is 0 Å². The van der Waals surface area contributed by atoms with Crippen molar-refractivity contribution in [1.29, 1.82) is 0 Å². The van der Waals surface area contributed by atoms with Crippen molar-refractivity contribution in [2.75, 3.05) is 0 Å². The molecular formula is C46H32N2O2. The average molecular weight is 645 g/mol. The van der Waals surface area contributed by atoms with Crippen molar-refractivity contribution in [2.24, 2.45) is 0 Å². The second kappa shape index (κ2) is 10.5. The van der Waals surface area contributed by atoms with Crippen molar-refractivity contribution in [2.45, 2.75) is 37.5 Å². The zero-order chi connectivity index (χ0) is 32.8. The van der Waals surface area contributed by atoms with Crippen LogP contribution in [0.4, 0.5) is 0 Å². The molecule has 4 heteroatoms. The number of nitrogens with zero attached hydrogens (tertiary/aromatic N) is 2. The second-order valence-corrected chi connectivity index (χ2v) is 13.9. The van der Waals surface area contributed by atoms with E-state index in [1.165, 1.54) is 59.9 Å². The molecule has 0 atom stereocenters. The molecule has 0 aliphatic heterocycles. The Bertz CT molecular complexity index is 2800. The number of rotatable bonds is 3. The van der Waals surface area contributed by atoms with E-state index in [0.717, 1.165) is 60.8 Å². The lowest BCUT2D eigenvalue weighted by molar-refractivity contribution is 0.353. The van der Waals surface area contributed by atoms with Gasteiger partial charge in [-0.25, -0.2) is 9.97 Å². The van der Waals surface area contributed by atoms with Crippen LogP contribution < -0.4 is 0 Å². The first-order valence-corrected chi connectivity index (χ1v) is 17.7. The SMILES string of the molecule is c1ccc(-c2nc(-c3ccc4oc5c(-c6cccc7c6-c6ccccc6C76CCCCC6)cccc5c4c3)c3oc4ccccc4c3n2)cc1. The van der Waals surface area contributed by atoms with Crippen molar-refractivity contribution in [3.63, 3.8) is 0 Å². The van der Waals surface area contributed by atoms with Gasteiger partial charge in [0, 0.05) is 38.3 Å². The van der Waals surface area contributed by atoms with Gasteiger partial charge in [0.25, 0.3) is 0 Å². The van der Waals surface area contributed by atoms with Gasteiger partial charge in [0.05, 0.1) is 0 Å². The van der Waals surface area contributed by atoms with E-state index in [-0.39, 0.29) is 5.41 Å². The van der Waals surface area contributed by atoms with Gasteiger partial charge >= 0.3 is 0 Å². The molecule has 2 aliphatic carbocycles. The van der Waals surface area contributed by atoms with Crippen molar-refractivity contribution >= 4 is 44.0 Å². The standard InChI is InChI=1S/C46H32N2O2/c1-3-13-28(14-4-1)45-47-41(44-42(48-45)34-16-6-8-22-38(34)50-44)29-23-24-39-35(27-29)32-19-11-18-31(43(32)49-39)30-17-12-21-37-40(30)33-15-5-7-20-36(33)46(37)25-9-2-10-26-46/h1,3-8,11-24,27H,2,9-10,25-26H2. The molecule has 0 amide bonds. The maximum atomic E-state index is 6.79. The molecule has 2 aliphatic rings. The van der Waals surface area contributed by atoms with Crippen LogP contribution in [0.25, 0.3) is 88.9 Å². The number of benzene rings is 6. The smallest absolute Gasteiger partial charge is 0.180 e. The van der Waals surface area contributed by atoms with E-state index < -0.39 is 0 Å². The van der Waals surface area contributed by atoms with Crippen molar-refractivity contribution in [1.82, 2.24) is 9.97 Å². The first-order valence-electron chi connectivity index (χ1n) is 17.7. The summed E-state index contributed by atoms with van der Waals surface area (Å²) in [7, 11) is 0. The van der Waals surface area contributed by atoms with Crippen LogP contribution in [0.5, 0.6) is 0 Å². The molecule has 1 saturated carbocycles. The Labute approximate surface area is 289 Å². The molecule has 0 N–H and O–H groups in total. The predicted octanol–water partition coefficient (Wildman–Crippen LogP) is 12.5. The molecule has 0 bridgehead atoms. The highest BCUT2D eigenvalue weighted by Crippen LogP contribution is 2.58. The summed E-state index contributed by atoms with van der Waals surface area (Å²) in [5.41, 5.74) is 15.0. The lowest BCUT2D eigenvalue weighted by atomic mass is 9.68. The zero-order valence-corrected chi connectivity index (χ0v) is 27.4. The largest absolute Gasteiger partial charge is 0.455 e. The maximum Gasteiger partial charge on any atom is 0.180 e. The summed E-state index contributed by atoms with van der Waals surface area (Å²) in [6.45, 7) is 0. The van der Waals surface area contributed by atoms with Crippen molar-refractivity contribution in [3.05, 3.63) is 145 Å². The molecule has 6 aromatic carbocycles. The molecule has 3 heterocycles. The first kappa shape index (κ1) is 27.9. The van der Waals surface area contributed by atoms with Crippen LogP contribution in [-0.4, -0.2) is 9.97 Å². The third-order valence-corrected chi connectivity index (χ3v) is 11.3. The predicted molar refractivity (Wildman–Crippen MR) is 202 cm³/mol. The number of fused-ring (bicyclic) bond motifs is 11. The Kier molecular flexibility index (Phi) is 5.86. The Morgan fingerprint density at radius 1 is 0.480 bits per heavy atom. The minimum atomic E-state index is 0.106. The summed E-state index contributed by atoms with van der Waals surface area (Å²) in [6, 6.07) is 47.2. The Morgan fingerprint density at radius 3 is 2.10 bits per heavy atom. The fourth-order valence-electron chi connectivity index (χ4n) is 9.08. The Balaban J connectivity index is 1.12. The molecule has 238 valence electrons. The van der Waals surface area contributed by atoms with E-state index in [0.29, 0.717) is 11.4 Å². The third kappa shape index (κ3) is 3.87. The molecule has 0 saturated heterocycles. The van der Waals surface area contributed by atoms with Gasteiger partial charge in [0.15, 0.2) is 11.4 Å². The number of furan rings is 2. The van der Waals surface area contributed by atoms with E-state index in [4.69, 9.17) is 18.8 Å². The Morgan fingerprint density at radius 2 is 1.18 bits per heavy atom. The summed E-state index contributed by atoms with van der Waals surface area (Å²) in [6.07, 6.45) is 6.30. The minimum Gasteiger partial charge on any atom is -0.455 e. The molecule has 0 unspecified atom stereocenters. The van der Waals surface area contributed by atoms with Crippen molar-refractivity contribution in [3.8, 4) is 44.9 Å². The fraction of sp³-hybridized carbons (Fsp3) is 0.130. The van der Waals surface area contributed by atoms with E-state index in [1.54, 1.807) is 0 Å². The highest BCUT2D eigenvalue weighted by Gasteiger charge is 2.44. The van der Waals surface area contributed by atoms with Crippen molar-refractivity contribution < 1.29 is 8.83 Å². The zero-order valence-electron chi connectivity index (χ0n) is 27.4. The topological polar surface area (TPSA) is 52.1 Å². The molecule has 1 spiro atoms. The molecule has 4 nitrogen and oxygen atoms in total. The van der Waals surface area contributed by atoms with Gasteiger partial charge in [-0.2, -0.15) is 0 Å². The van der Waals surface area contributed by atoms with E-state index in [9.17, 15) is 0 Å². The molecule has 11 rings (SSSR count). The van der Waals surface area contributed by atoms with E-state index >= 15 is 0 Å². The van der Waals surface area contributed by atoms with Crippen LogP contribution >= 0.6 is 0 Å². The third-order valence-electron chi connectivity index (χ3n) is 11.3. The average Bonchev–Trinajstić information content (AvgIpc) is 3.84. The summed E-state index contributed by atoms with van der Waals surface area (Å²) < 4.78 is 13.2. The molecular weight excluding hydrogens is 613 g/mol. The lowest BCUT2D eigenvalue weighted by Crippen LogP contribution is -2.27. The monoisotopic (exact) mass is 644 g/mol. The van der Waals surface area contributed by atoms with Crippen LogP contribution in [0.15, 0.2) is 142 Å². The normalized spacial score (nSPS) is 15.0. The number of aromatic nitrogens is 2. The molecule has 0 radical (unpaired) electrons. The van der Waals surface area contributed by atoms with Crippen LogP contribution in [0.1, 0.15) is 43.2 Å². The first-order chi connectivity index (χ1) is 24.8. The minimum absolute atomic E-state index is 0.106. The quantitative estimate of drug-likeness (QED) is 0.192. The van der Waals surface area contributed by atoms with Crippen LogP contribution in [0.2, 0.25) is 0 Å². The molecule has 1 fully saturated rings. The van der Waals surface area contributed by atoms with E-state index in [1.807, 2.05) is 36.4 Å². The molecule has 9 aromatic rings.